The van der Waals surface area contributed by atoms with Gasteiger partial charge in [0, 0.05) is 47.9 Å². The van der Waals surface area contributed by atoms with Crippen LogP contribution in [0.3, 0.4) is 0 Å². The van der Waals surface area contributed by atoms with Gasteiger partial charge in [0.05, 0.1) is 26.7 Å². The Morgan fingerprint density at radius 1 is 0.929 bits per heavy atom. The van der Waals surface area contributed by atoms with Gasteiger partial charge in [-0.3, -0.25) is 9.69 Å². The zero-order valence-corrected chi connectivity index (χ0v) is 23.9. The molecule has 2 heterocycles. The molecule has 0 aromatic heterocycles. The van der Waals surface area contributed by atoms with Crippen LogP contribution >= 0.6 is 0 Å². The lowest BCUT2D eigenvalue weighted by atomic mass is 9.74. The number of rotatable bonds is 8. The molecule has 2 N–H and O–H groups in total. The van der Waals surface area contributed by atoms with Gasteiger partial charge in [0.15, 0.2) is 0 Å². The third-order valence-corrected chi connectivity index (χ3v) is 7.98. The molecule has 0 radical (unpaired) electrons. The molecule has 3 atom stereocenters. The molecule has 2 aliphatic heterocycles. The number of anilines is 1. The van der Waals surface area contributed by atoms with E-state index < -0.39 is 5.97 Å². The molecule has 8 heteroatoms. The maximum atomic E-state index is 13.4. The lowest BCUT2D eigenvalue weighted by molar-refractivity contribution is -0.139. The molecule has 3 aromatic rings. The van der Waals surface area contributed by atoms with E-state index in [1.165, 1.54) is 5.56 Å². The molecular weight excluding hydrogens is 530 g/mol. The predicted molar refractivity (Wildman–Crippen MR) is 162 cm³/mol. The first-order valence-corrected chi connectivity index (χ1v) is 14.4. The average molecular weight is 568 g/mol. The summed E-state index contributed by atoms with van der Waals surface area (Å²) in [6.07, 6.45) is 1.86. The number of benzene rings is 3. The van der Waals surface area contributed by atoms with Gasteiger partial charge < -0.3 is 24.8 Å². The first-order valence-electron chi connectivity index (χ1n) is 14.4. The normalized spacial score (nSPS) is 20.1. The SMILES string of the molecule is COc1ccc(NC(=O)N2CCCCN3[C@H](COCCC(=O)O)[C@H](c4ccc(C#Cc5ccccc5)cc4)[C@@H]3C2)cc1. The highest BCUT2D eigenvalue weighted by Gasteiger charge is 2.50. The molecule has 0 aliphatic carbocycles. The van der Waals surface area contributed by atoms with Crippen molar-refractivity contribution in [2.45, 2.75) is 37.3 Å². The van der Waals surface area contributed by atoms with E-state index in [1.54, 1.807) is 7.11 Å². The monoisotopic (exact) mass is 567 g/mol. The largest absolute Gasteiger partial charge is 0.497 e. The number of urea groups is 1. The summed E-state index contributed by atoms with van der Waals surface area (Å²) < 4.78 is 11.1. The maximum absolute atomic E-state index is 13.4. The molecular formula is C34H37N3O5. The number of aliphatic carboxylic acids is 1. The maximum Gasteiger partial charge on any atom is 0.321 e. The molecule has 42 heavy (non-hydrogen) atoms. The number of nitrogens with zero attached hydrogens (tertiary/aromatic N) is 2. The molecule has 0 saturated carbocycles. The van der Waals surface area contributed by atoms with Crippen molar-refractivity contribution in [1.82, 2.24) is 9.80 Å². The second-order valence-electron chi connectivity index (χ2n) is 10.7. The van der Waals surface area contributed by atoms with Crippen LogP contribution < -0.4 is 10.1 Å². The van der Waals surface area contributed by atoms with Crippen molar-refractivity contribution in [3.05, 3.63) is 95.6 Å². The van der Waals surface area contributed by atoms with Crippen LogP contribution in [0.1, 0.15) is 41.9 Å². The second kappa shape index (κ2) is 14.0. The van der Waals surface area contributed by atoms with E-state index >= 15 is 0 Å². The number of fused-ring (bicyclic) bond motifs is 1. The number of hydrogen-bond donors (Lipinski definition) is 2. The van der Waals surface area contributed by atoms with Gasteiger partial charge in [0.2, 0.25) is 0 Å². The van der Waals surface area contributed by atoms with E-state index in [2.05, 4.69) is 34.2 Å². The molecule has 2 aliphatic rings. The van der Waals surface area contributed by atoms with E-state index in [1.807, 2.05) is 71.6 Å². The highest BCUT2D eigenvalue weighted by Crippen LogP contribution is 2.42. The fourth-order valence-electron chi connectivity index (χ4n) is 5.80. The topological polar surface area (TPSA) is 91.3 Å². The number of carbonyl (C=O) groups is 2. The van der Waals surface area contributed by atoms with Crippen molar-refractivity contribution in [2.24, 2.45) is 0 Å². The number of nitrogens with one attached hydrogen (secondary N) is 1. The van der Waals surface area contributed by atoms with E-state index in [9.17, 15) is 9.59 Å². The van der Waals surface area contributed by atoms with Gasteiger partial charge in [-0.05, 0) is 73.5 Å². The van der Waals surface area contributed by atoms with Gasteiger partial charge in [0.1, 0.15) is 5.75 Å². The smallest absolute Gasteiger partial charge is 0.321 e. The molecule has 0 spiro atoms. The van der Waals surface area contributed by atoms with Crippen molar-refractivity contribution in [1.29, 1.82) is 0 Å². The Bertz CT molecular complexity index is 1400. The van der Waals surface area contributed by atoms with Crippen LogP contribution in [0.5, 0.6) is 5.75 Å². The van der Waals surface area contributed by atoms with Gasteiger partial charge >= 0.3 is 12.0 Å². The molecule has 218 valence electrons. The number of hydrogen-bond acceptors (Lipinski definition) is 5. The minimum Gasteiger partial charge on any atom is -0.497 e. The Morgan fingerprint density at radius 2 is 1.62 bits per heavy atom. The summed E-state index contributed by atoms with van der Waals surface area (Å²) in [5.74, 6) is 6.46. The molecule has 2 fully saturated rings. The summed E-state index contributed by atoms with van der Waals surface area (Å²) in [6.45, 7) is 2.83. The minimum atomic E-state index is -0.866. The number of carboxylic acid groups (broad SMARTS) is 1. The molecule has 0 unspecified atom stereocenters. The molecule has 2 saturated heterocycles. The number of amides is 2. The summed E-state index contributed by atoms with van der Waals surface area (Å²) in [6, 6.07) is 25.7. The van der Waals surface area contributed by atoms with Gasteiger partial charge in [-0.2, -0.15) is 0 Å². The summed E-state index contributed by atoms with van der Waals surface area (Å²) in [7, 11) is 1.62. The third kappa shape index (κ3) is 7.30. The van der Waals surface area contributed by atoms with Gasteiger partial charge in [-0.1, -0.05) is 42.2 Å². The number of methoxy groups -OCH3 is 1. The van der Waals surface area contributed by atoms with Crippen LogP contribution in [0.2, 0.25) is 0 Å². The Balaban J connectivity index is 1.32. The Kier molecular flexibility index (Phi) is 9.75. The van der Waals surface area contributed by atoms with Crippen LogP contribution in [0.4, 0.5) is 10.5 Å². The zero-order chi connectivity index (χ0) is 29.3. The molecule has 5 rings (SSSR count). The summed E-state index contributed by atoms with van der Waals surface area (Å²) in [5, 5.41) is 12.1. The quantitative estimate of drug-likeness (QED) is 0.293. The van der Waals surface area contributed by atoms with Crippen LogP contribution in [0.15, 0.2) is 78.9 Å². The standard InChI is InChI=1S/C34H37N3O5/c1-41-29-17-15-28(16-18-29)35-34(40)36-20-5-6-21-37-30(23-36)33(31(37)24-42-22-19-32(38)39)27-13-11-26(12-14-27)10-9-25-7-3-2-4-8-25/h2-4,7-8,11-18,30-31,33H,5-6,19-24H2,1H3,(H,35,40)(H,38,39)/t30-,31+,33+/m0/s1. The Hall–Kier alpha value is -4.32. The fraction of sp³-hybridized carbons (Fsp3) is 0.353. The second-order valence-corrected chi connectivity index (χ2v) is 10.7. The Labute approximate surface area is 247 Å². The highest BCUT2D eigenvalue weighted by molar-refractivity contribution is 5.89. The Morgan fingerprint density at radius 3 is 2.31 bits per heavy atom. The third-order valence-electron chi connectivity index (χ3n) is 7.98. The first-order chi connectivity index (χ1) is 20.5. The molecule has 8 nitrogen and oxygen atoms in total. The van der Waals surface area contributed by atoms with Gasteiger partial charge in [-0.15, -0.1) is 0 Å². The van der Waals surface area contributed by atoms with E-state index in [0.29, 0.717) is 19.7 Å². The van der Waals surface area contributed by atoms with Crippen LogP contribution in [0.25, 0.3) is 0 Å². The van der Waals surface area contributed by atoms with Crippen molar-refractivity contribution in [2.75, 3.05) is 45.3 Å². The highest BCUT2D eigenvalue weighted by atomic mass is 16.5. The molecule has 2 amide bonds. The lowest BCUT2D eigenvalue weighted by Crippen LogP contribution is -2.68. The van der Waals surface area contributed by atoms with Crippen molar-refractivity contribution < 1.29 is 24.2 Å². The summed E-state index contributed by atoms with van der Waals surface area (Å²) in [4.78, 5) is 28.7. The molecule has 3 aromatic carbocycles. The minimum absolute atomic E-state index is 0.0189. The zero-order valence-electron chi connectivity index (χ0n) is 23.9. The van der Waals surface area contributed by atoms with E-state index in [4.69, 9.17) is 14.6 Å². The summed E-state index contributed by atoms with van der Waals surface area (Å²) >= 11 is 0. The number of ether oxygens (including phenoxy) is 2. The van der Waals surface area contributed by atoms with Crippen molar-refractivity contribution in [3.8, 4) is 17.6 Å². The first kappa shape index (κ1) is 29.2. The van der Waals surface area contributed by atoms with E-state index in [-0.39, 0.29) is 37.1 Å². The number of carbonyl (C=O) groups excluding carboxylic acids is 1. The van der Waals surface area contributed by atoms with Crippen LogP contribution in [0, 0.1) is 11.8 Å². The predicted octanol–water partition coefficient (Wildman–Crippen LogP) is 5.05. The lowest BCUT2D eigenvalue weighted by Gasteiger charge is -2.57. The van der Waals surface area contributed by atoms with Gasteiger partial charge in [-0.25, -0.2) is 4.79 Å². The average Bonchev–Trinajstić information content (AvgIpc) is 2.99. The fourth-order valence-corrected chi connectivity index (χ4v) is 5.80. The van der Waals surface area contributed by atoms with Crippen molar-refractivity contribution in [3.63, 3.8) is 0 Å². The number of carboxylic acids is 1. The molecule has 0 bridgehead atoms. The van der Waals surface area contributed by atoms with Crippen molar-refractivity contribution >= 4 is 17.7 Å². The van der Waals surface area contributed by atoms with Crippen LogP contribution in [-0.4, -0.2) is 78.9 Å². The van der Waals surface area contributed by atoms with E-state index in [0.717, 1.165) is 42.0 Å². The van der Waals surface area contributed by atoms with Crippen LogP contribution in [-0.2, 0) is 9.53 Å². The summed E-state index contributed by atoms with van der Waals surface area (Å²) in [5.41, 5.74) is 3.80. The van der Waals surface area contributed by atoms with Gasteiger partial charge in [0.25, 0.3) is 0 Å².